The number of rotatable bonds is 5. The number of nitrogens with one attached hydrogen (secondary N) is 1. The lowest BCUT2D eigenvalue weighted by Gasteiger charge is -2.30. The van der Waals surface area contributed by atoms with E-state index in [9.17, 15) is 18.4 Å². The van der Waals surface area contributed by atoms with Crippen LogP contribution in [0.2, 0.25) is 10.0 Å². The topological polar surface area (TPSA) is 109 Å². The molecule has 0 fully saturated rings. The number of benzene rings is 2. The number of ether oxygens (including phenoxy) is 1. The van der Waals surface area contributed by atoms with Gasteiger partial charge in [0, 0.05) is 23.5 Å². The Morgan fingerprint density at radius 2 is 1.79 bits per heavy atom. The molecular formula is C23H21Cl2N3O5S. The van der Waals surface area contributed by atoms with Crippen LogP contribution in [0.4, 0.5) is 10.5 Å². The second-order valence-electron chi connectivity index (χ2n) is 8.07. The summed E-state index contributed by atoms with van der Waals surface area (Å²) in [4.78, 5) is 29.4. The molecule has 0 radical (unpaired) electrons. The summed E-state index contributed by atoms with van der Waals surface area (Å²) >= 11 is 9.95. The van der Waals surface area contributed by atoms with E-state index in [4.69, 9.17) is 27.9 Å². The van der Waals surface area contributed by atoms with E-state index in [1.165, 1.54) is 18.2 Å². The van der Waals surface area contributed by atoms with Crippen molar-refractivity contribution in [3.63, 3.8) is 0 Å². The molecule has 0 saturated heterocycles. The summed E-state index contributed by atoms with van der Waals surface area (Å²) in [7, 11) is 0. The minimum absolute atomic E-state index is 0.00943. The molecule has 3 aromatic rings. The van der Waals surface area contributed by atoms with E-state index in [0.29, 0.717) is 26.3 Å². The number of amides is 2. The Labute approximate surface area is 209 Å². The van der Waals surface area contributed by atoms with Crippen molar-refractivity contribution in [1.29, 1.82) is 0 Å². The molecule has 2 N–H and O–H groups in total. The quantitative estimate of drug-likeness (QED) is 0.396. The third-order valence-electron chi connectivity index (χ3n) is 4.49. The summed E-state index contributed by atoms with van der Waals surface area (Å²) in [6, 6.07) is 14.4. The molecule has 1 heterocycles. The Morgan fingerprint density at radius 3 is 2.38 bits per heavy atom. The maximum Gasteiger partial charge on any atom is 0.429 e. The van der Waals surface area contributed by atoms with E-state index in [2.05, 4.69) is 10.3 Å². The van der Waals surface area contributed by atoms with E-state index >= 15 is 0 Å². The zero-order valence-electron chi connectivity index (χ0n) is 18.4. The maximum atomic E-state index is 12.8. The van der Waals surface area contributed by atoms with Gasteiger partial charge in [0.05, 0.1) is 26.8 Å². The van der Waals surface area contributed by atoms with Crippen LogP contribution in [0.15, 0.2) is 60.8 Å². The number of halogens is 2. The predicted octanol–water partition coefficient (Wildman–Crippen LogP) is 6.04. The summed E-state index contributed by atoms with van der Waals surface area (Å²) in [5.74, 6) is -0.486. The highest BCUT2D eigenvalue weighted by atomic mass is 35.5. The summed E-state index contributed by atoms with van der Waals surface area (Å²) in [5.41, 5.74) is 0.952. The first-order valence-corrected chi connectivity index (χ1v) is 11.7. The fourth-order valence-corrected chi connectivity index (χ4v) is 4.08. The maximum absolute atomic E-state index is 12.8. The van der Waals surface area contributed by atoms with Gasteiger partial charge in [-0.3, -0.25) is 14.3 Å². The minimum atomic E-state index is -2.59. The molecule has 0 bridgehead atoms. The molecule has 11 heteroatoms. The van der Waals surface area contributed by atoms with Crippen molar-refractivity contribution in [3.05, 3.63) is 76.4 Å². The van der Waals surface area contributed by atoms with Gasteiger partial charge in [-0.15, -0.1) is 0 Å². The van der Waals surface area contributed by atoms with E-state index in [-0.39, 0.29) is 16.3 Å². The van der Waals surface area contributed by atoms with Gasteiger partial charge in [-0.2, -0.15) is 4.31 Å². The number of hydrogen-bond acceptors (Lipinski definition) is 5. The minimum Gasteiger partial charge on any atom is -0.409 e. The third kappa shape index (κ3) is 6.12. The number of pyridine rings is 1. The molecule has 178 valence electrons. The lowest BCUT2D eigenvalue weighted by molar-refractivity contribution is 0.102. The summed E-state index contributed by atoms with van der Waals surface area (Å²) < 4.78 is 26.8. The van der Waals surface area contributed by atoms with Crippen LogP contribution in [0.25, 0.3) is 11.3 Å². The SMILES string of the molecule is CC(C)(C)N(C(=O)Oc1ccc(C(=O)Nc2ccc(Cl)c(-c3ccccn3)c2)c(Cl)c1)S(=O)O. The smallest absolute Gasteiger partial charge is 0.409 e. The Hall–Kier alpha value is -2.98. The second kappa shape index (κ2) is 10.5. The molecule has 0 aliphatic carbocycles. The van der Waals surface area contributed by atoms with Crippen LogP contribution in [0, 0.1) is 0 Å². The average molecular weight is 522 g/mol. The first kappa shape index (κ1) is 25.6. The highest BCUT2D eigenvalue weighted by Gasteiger charge is 2.33. The first-order chi connectivity index (χ1) is 16.0. The van der Waals surface area contributed by atoms with Crippen molar-refractivity contribution >= 4 is 52.2 Å². The average Bonchev–Trinajstić information content (AvgIpc) is 2.74. The number of carbonyl (C=O) groups excluding carboxylic acids is 2. The Bertz CT molecular complexity index is 1250. The zero-order valence-corrected chi connectivity index (χ0v) is 20.7. The van der Waals surface area contributed by atoms with Crippen LogP contribution >= 0.6 is 23.2 Å². The Morgan fingerprint density at radius 1 is 1.06 bits per heavy atom. The predicted molar refractivity (Wildman–Crippen MR) is 132 cm³/mol. The standard InChI is InChI=1S/C23H21Cl2N3O5S/c1-23(2,3)28(34(31)32)22(30)33-15-8-9-16(19(25)13-15)21(29)27-14-7-10-18(24)17(12-14)20-6-4-5-11-26-20/h4-13H,1-3H3,(H,27,29)(H,31,32). The summed E-state index contributed by atoms with van der Waals surface area (Å²) in [6.07, 6.45) is 0.606. The molecule has 1 unspecified atom stereocenters. The molecule has 0 aliphatic heterocycles. The first-order valence-electron chi connectivity index (χ1n) is 9.92. The molecule has 2 aromatic carbocycles. The lowest BCUT2D eigenvalue weighted by Crippen LogP contribution is -2.47. The Balaban J connectivity index is 1.77. The summed E-state index contributed by atoms with van der Waals surface area (Å²) in [6.45, 7) is 4.75. The van der Waals surface area contributed by atoms with E-state index in [1.807, 2.05) is 6.07 Å². The van der Waals surface area contributed by atoms with Crippen LogP contribution in [-0.2, 0) is 11.3 Å². The van der Waals surface area contributed by atoms with Gasteiger partial charge in [-0.25, -0.2) is 9.00 Å². The third-order valence-corrected chi connectivity index (χ3v) is 6.14. The monoisotopic (exact) mass is 521 g/mol. The molecule has 0 saturated carbocycles. The second-order valence-corrected chi connectivity index (χ2v) is 9.71. The molecule has 1 atom stereocenters. The van der Waals surface area contributed by atoms with Crippen LogP contribution < -0.4 is 10.1 Å². The fraction of sp³-hybridized carbons (Fsp3) is 0.174. The van der Waals surface area contributed by atoms with Crippen LogP contribution in [-0.4, -0.2) is 35.6 Å². The van der Waals surface area contributed by atoms with Gasteiger partial charge in [0.1, 0.15) is 5.75 Å². The number of anilines is 1. The molecule has 0 spiro atoms. The van der Waals surface area contributed by atoms with Crippen molar-refractivity contribution < 1.29 is 23.1 Å². The van der Waals surface area contributed by atoms with Crippen molar-refractivity contribution in [2.75, 3.05) is 5.32 Å². The highest BCUT2D eigenvalue weighted by molar-refractivity contribution is 7.77. The highest BCUT2D eigenvalue weighted by Crippen LogP contribution is 2.30. The van der Waals surface area contributed by atoms with Crippen LogP contribution in [0.1, 0.15) is 31.1 Å². The number of nitrogens with zero attached hydrogens (tertiary/aromatic N) is 2. The molecule has 1 aromatic heterocycles. The normalized spacial score (nSPS) is 12.1. The molecule has 8 nitrogen and oxygen atoms in total. The van der Waals surface area contributed by atoms with Gasteiger partial charge in [0.15, 0.2) is 0 Å². The van der Waals surface area contributed by atoms with Crippen molar-refractivity contribution in [1.82, 2.24) is 9.29 Å². The van der Waals surface area contributed by atoms with Crippen molar-refractivity contribution in [3.8, 4) is 17.0 Å². The van der Waals surface area contributed by atoms with Gasteiger partial charge < -0.3 is 10.1 Å². The summed E-state index contributed by atoms with van der Waals surface area (Å²) in [5, 5.41) is 3.25. The van der Waals surface area contributed by atoms with E-state index in [1.54, 1.807) is 57.3 Å². The van der Waals surface area contributed by atoms with Crippen molar-refractivity contribution in [2.24, 2.45) is 0 Å². The molecule has 3 rings (SSSR count). The van der Waals surface area contributed by atoms with E-state index < -0.39 is 28.8 Å². The van der Waals surface area contributed by atoms with Gasteiger partial charge in [-0.1, -0.05) is 29.3 Å². The van der Waals surface area contributed by atoms with Gasteiger partial charge >= 0.3 is 6.09 Å². The molecule has 0 aliphatic rings. The zero-order chi connectivity index (χ0) is 25.0. The Kier molecular flexibility index (Phi) is 7.93. The van der Waals surface area contributed by atoms with Crippen LogP contribution in [0.3, 0.4) is 0 Å². The molecule has 34 heavy (non-hydrogen) atoms. The van der Waals surface area contributed by atoms with Gasteiger partial charge in [-0.05, 0) is 63.2 Å². The van der Waals surface area contributed by atoms with Gasteiger partial charge in [0.25, 0.3) is 17.2 Å². The molecule has 2 amide bonds. The lowest BCUT2D eigenvalue weighted by atomic mass is 10.1. The van der Waals surface area contributed by atoms with Crippen LogP contribution in [0.5, 0.6) is 5.75 Å². The molecular weight excluding hydrogens is 501 g/mol. The van der Waals surface area contributed by atoms with E-state index in [0.717, 1.165) is 0 Å². The fourth-order valence-electron chi connectivity index (χ4n) is 2.98. The van der Waals surface area contributed by atoms with Crippen molar-refractivity contribution in [2.45, 2.75) is 26.3 Å². The largest absolute Gasteiger partial charge is 0.429 e. The number of hydrogen-bond donors (Lipinski definition) is 2. The number of aromatic nitrogens is 1. The van der Waals surface area contributed by atoms with Gasteiger partial charge in [0.2, 0.25) is 0 Å². The number of carbonyl (C=O) groups is 2.